The van der Waals surface area contributed by atoms with Crippen LogP contribution >= 0.6 is 15.9 Å². The Morgan fingerprint density at radius 1 is 1.37 bits per heavy atom. The van der Waals surface area contributed by atoms with Crippen molar-refractivity contribution in [3.63, 3.8) is 0 Å². The Kier molecular flexibility index (Phi) is 4.54. The van der Waals surface area contributed by atoms with Crippen LogP contribution in [-0.2, 0) is 12.8 Å². The van der Waals surface area contributed by atoms with Gasteiger partial charge >= 0.3 is 0 Å². The summed E-state index contributed by atoms with van der Waals surface area (Å²) in [5.41, 5.74) is 2.73. The summed E-state index contributed by atoms with van der Waals surface area (Å²) in [6.07, 6.45) is 4.70. The van der Waals surface area contributed by atoms with Crippen molar-refractivity contribution in [3.8, 4) is 5.75 Å². The molecule has 0 saturated carbocycles. The Labute approximate surface area is 122 Å². The quantitative estimate of drug-likeness (QED) is 0.893. The molecule has 0 radical (unpaired) electrons. The van der Waals surface area contributed by atoms with Crippen molar-refractivity contribution < 1.29 is 14.9 Å². The van der Waals surface area contributed by atoms with Gasteiger partial charge in [0.1, 0.15) is 18.0 Å². The second-order valence-corrected chi connectivity index (χ2v) is 6.46. The van der Waals surface area contributed by atoms with Gasteiger partial charge < -0.3 is 14.9 Å². The first-order valence-corrected chi connectivity index (χ1v) is 7.51. The van der Waals surface area contributed by atoms with E-state index in [1.807, 2.05) is 0 Å². The van der Waals surface area contributed by atoms with Gasteiger partial charge in [-0.05, 0) is 78.2 Å². The van der Waals surface area contributed by atoms with Crippen LogP contribution in [0, 0.1) is 6.92 Å². The second-order valence-electron chi connectivity index (χ2n) is 5.60. The third-order valence-electron chi connectivity index (χ3n) is 3.69. The van der Waals surface area contributed by atoms with Crippen molar-refractivity contribution in [3.05, 3.63) is 27.2 Å². The van der Waals surface area contributed by atoms with Gasteiger partial charge in [0.05, 0.1) is 11.1 Å². The molecule has 0 bridgehead atoms. The maximum Gasteiger partial charge on any atom is 0.136 e. The van der Waals surface area contributed by atoms with Crippen LogP contribution in [0.5, 0.6) is 5.75 Å². The molecule has 1 unspecified atom stereocenters. The Morgan fingerprint density at radius 3 is 2.74 bits per heavy atom. The van der Waals surface area contributed by atoms with E-state index in [0.29, 0.717) is 0 Å². The van der Waals surface area contributed by atoms with Crippen molar-refractivity contribution >= 4 is 15.9 Å². The standard InChI is InChI=1S/C15H21BrO3/c1-10-12-6-4-3-5-11(12)7-13(16)14(10)19-9-15(2,18)8-17/h7,17-18H,3-6,8-9H2,1-2H3. The van der Waals surface area contributed by atoms with Gasteiger partial charge in [-0.1, -0.05) is 0 Å². The van der Waals surface area contributed by atoms with E-state index < -0.39 is 5.60 Å². The normalized spacial score (nSPS) is 17.7. The zero-order chi connectivity index (χ0) is 14.0. The molecule has 1 aliphatic carbocycles. The highest BCUT2D eigenvalue weighted by Gasteiger charge is 2.23. The van der Waals surface area contributed by atoms with Gasteiger partial charge in [0, 0.05) is 0 Å². The van der Waals surface area contributed by atoms with Crippen molar-refractivity contribution in [1.82, 2.24) is 0 Å². The number of aryl methyl sites for hydroxylation is 1. The number of hydrogen-bond acceptors (Lipinski definition) is 3. The molecule has 3 nitrogen and oxygen atoms in total. The molecular weight excluding hydrogens is 308 g/mol. The first kappa shape index (κ1) is 14.8. The average molecular weight is 329 g/mol. The summed E-state index contributed by atoms with van der Waals surface area (Å²) in [5, 5.41) is 18.9. The summed E-state index contributed by atoms with van der Waals surface area (Å²) in [7, 11) is 0. The molecule has 0 fully saturated rings. The Hall–Kier alpha value is -0.580. The number of rotatable bonds is 4. The molecule has 0 heterocycles. The summed E-state index contributed by atoms with van der Waals surface area (Å²) in [5.74, 6) is 0.786. The van der Waals surface area contributed by atoms with E-state index >= 15 is 0 Å². The van der Waals surface area contributed by atoms with Gasteiger partial charge in [0.15, 0.2) is 0 Å². The van der Waals surface area contributed by atoms with Crippen LogP contribution in [-0.4, -0.2) is 29.0 Å². The largest absolute Gasteiger partial charge is 0.489 e. The Morgan fingerprint density at radius 2 is 2.05 bits per heavy atom. The van der Waals surface area contributed by atoms with E-state index in [-0.39, 0.29) is 13.2 Å². The SMILES string of the molecule is Cc1c2c(cc(Br)c1OCC(C)(O)CO)CCCC2. The minimum absolute atomic E-state index is 0.0850. The van der Waals surface area contributed by atoms with Gasteiger partial charge in [0.2, 0.25) is 0 Å². The van der Waals surface area contributed by atoms with Crippen molar-refractivity contribution in [2.24, 2.45) is 0 Å². The monoisotopic (exact) mass is 328 g/mol. The molecule has 1 aromatic rings. The third kappa shape index (κ3) is 3.30. The van der Waals surface area contributed by atoms with E-state index in [0.717, 1.165) is 28.6 Å². The lowest BCUT2D eigenvalue weighted by Gasteiger charge is -2.25. The molecule has 2 N–H and O–H groups in total. The van der Waals surface area contributed by atoms with Gasteiger partial charge in [-0.25, -0.2) is 0 Å². The molecule has 0 amide bonds. The lowest BCUT2D eigenvalue weighted by atomic mass is 9.88. The molecule has 0 aromatic heterocycles. The molecule has 1 aromatic carbocycles. The first-order valence-electron chi connectivity index (χ1n) is 6.71. The fraction of sp³-hybridized carbons (Fsp3) is 0.600. The van der Waals surface area contributed by atoms with Crippen molar-refractivity contribution in [2.45, 2.75) is 45.1 Å². The molecule has 1 aliphatic rings. The molecule has 0 aliphatic heterocycles. The summed E-state index contributed by atoms with van der Waals surface area (Å²) in [6.45, 7) is 3.41. The molecule has 2 rings (SSSR count). The van der Waals surface area contributed by atoms with E-state index in [1.165, 1.54) is 24.0 Å². The lowest BCUT2D eigenvalue weighted by molar-refractivity contribution is -0.0328. The zero-order valence-corrected chi connectivity index (χ0v) is 13.1. The maximum absolute atomic E-state index is 9.81. The number of hydrogen-bond donors (Lipinski definition) is 2. The van der Waals surface area contributed by atoms with Gasteiger partial charge in [-0.15, -0.1) is 0 Å². The molecule has 0 spiro atoms. The minimum atomic E-state index is -1.21. The molecule has 0 saturated heterocycles. The number of aliphatic hydroxyl groups excluding tert-OH is 1. The second kappa shape index (κ2) is 5.81. The van der Waals surface area contributed by atoms with Crippen LogP contribution in [0.25, 0.3) is 0 Å². The molecular formula is C15H21BrO3. The first-order chi connectivity index (χ1) is 8.94. The topological polar surface area (TPSA) is 49.7 Å². The highest BCUT2D eigenvalue weighted by atomic mass is 79.9. The van der Waals surface area contributed by atoms with E-state index in [2.05, 4.69) is 28.9 Å². The maximum atomic E-state index is 9.81. The van der Waals surface area contributed by atoms with E-state index in [9.17, 15) is 5.11 Å². The fourth-order valence-electron chi connectivity index (χ4n) is 2.50. The number of ether oxygens (including phenoxy) is 1. The summed E-state index contributed by atoms with van der Waals surface area (Å²) in [4.78, 5) is 0. The fourth-order valence-corrected chi connectivity index (χ4v) is 3.19. The van der Waals surface area contributed by atoms with Crippen molar-refractivity contribution in [1.29, 1.82) is 0 Å². The van der Waals surface area contributed by atoms with Crippen LogP contribution in [0.4, 0.5) is 0 Å². The average Bonchev–Trinajstić information content (AvgIpc) is 2.38. The van der Waals surface area contributed by atoms with E-state index in [4.69, 9.17) is 9.84 Å². The van der Waals surface area contributed by atoms with Gasteiger partial charge in [0.25, 0.3) is 0 Å². The summed E-state index contributed by atoms with van der Waals surface area (Å²) in [6, 6.07) is 2.13. The van der Waals surface area contributed by atoms with Crippen LogP contribution in [0.15, 0.2) is 10.5 Å². The van der Waals surface area contributed by atoms with Crippen LogP contribution in [0.2, 0.25) is 0 Å². The number of benzene rings is 1. The van der Waals surface area contributed by atoms with Gasteiger partial charge in [-0.2, -0.15) is 0 Å². The lowest BCUT2D eigenvalue weighted by Crippen LogP contribution is -2.36. The van der Waals surface area contributed by atoms with Crippen LogP contribution in [0.1, 0.15) is 36.5 Å². The van der Waals surface area contributed by atoms with Gasteiger partial charge in [-0.3, -0.25) is 0 Å². The number of halogens is 1. The van der Waals surface area contributed by atoms with Crippen LogP contribution in [0.3, 0.4) is 0 Å². The predicted molar refractivity (Wildman–Crippen MR) is 78.7 cm³/mol. The molecule has 19 heavy (non-hydrogen) atoms. The smallest absolute Gasteiger partial charge is 0.136 e. The predicted octanol–water partition coefficient (Wildman–Crippen LogP) is 2.76. The molecule has 4 heteroatoms. The summed E-state index contributed by atoms with van der Waals surface area (Å²) >= 11 is 3.55. The van der Waals surface area contributed by atoms with E-state index in [1.54, 1.807) is 6.92 Å². The molecule has 106 valence electrons. The minimum Gasteiger partial charge on any atom is -0.489 e. The number of aliphatic hydroxyl groups is 2. The zero-order valence-electron chi connectivity index (χ0n) is 11.5. The summed E-state index contributed by atoms with van der Waals surface area (Å²) < 4.78 is 6.66. The van der Waals surface area contributed by atoms with Crippen molar-refractivity contribution in [2.75, 3.05) is 13.2 Å². The molecule has 1 atom stereocenters. The Bertz CT molecular complexity index is 469. The van der Waals surface area contributed by atoms with Crippen LogP contribution < -0.4 is 4.74 Å². The number of fused-ring (bicyclic) bond motifs is 1. The Balaban J connectivity index is 2.26. The highest BCUT2D eigenvalue weighted by Crippen LogP contribution is 2.37. The highest BCUT2D eigenvalue weighted by molar-refractivity contribution is 9.10. The third-order valence-corrected chi connectivity index (χ3v) is 4.28.